The van der Waals surface area contributed by atoms with Gasteiger partial charge in [0.2, 0.25) is 0 Å². The van der Waals surface area contributed by atoms with Crippen molar-refractivity contribution in [1.82, 2.24) is 4.98 Å². The van der Waals surface area contributed by atoms with Gasteiger partial charge in [-0.15, -0.1) is 0 Å². The first-order valence-electron chi connectivity index (χ1n) is 6.03. The van der Waals surface area contributed by atoms with Crippen LogP contribution in [0.3, 0.4) is 0 Å². The van der Waals surface area contributed by atoms with Gasteiger partial charge in [-0.25, -0.2) is 9.37 Å². The van der Waals surface area contributed by atoms with E-state index < -0.39 is 5.82 Å². The second-order valence-corrected chi connectivity index (χ2v) is 4.42. The lowest BCUT2D eigenvalue weighted by Crippen LogP contribution is -1.97. The maximum absolute atomic E-state index is 13.5. The van der Waals surface area contributed by atoms with Gasteiger partial charge in [-0.3, -0.25) is 0 Å². The second kappa shape index (κ2) is 4.70. The normalized spacial score (nSPS) is 10.7. The van der Waals surface area contributed by atoms with Gasteiger partial charge in [0.1, 0.15) is 17.4 Å². The Balaban J connectivity index is 2.09. The maximum atomic E-state index is 13.5. The van der Waals surface area contributed by atoms with Crippen molar-refractivity contribution in [3.63, 3.8) is 0 Å². The fraction of sp³-hybridized carbons (Fsp3) is 0. The number of benzene rings is 2. The number of nitrogens with two attached hydrogens (primary N) is 1. The summed E-state index contributed by atoms with van der Waals surface area (Å²) in [6.45, 7) is 0. The van der Waals surface area contributed by atoms with Crippen LogP contribution in [0.5, 0.6) is 5.75 Å². The molecule has 1 aromatic heterocycles. The third-order valence-corrected chi connectivity index (χ3v) is 3.01. The first-order chi connectivity index (χ1) is 9.63. The molecule has 5 heteroatoms. The smallest absolute Gasteiger partial charge is 0.138 e. The highest BCUT2D eigenvalue weighted by molar-refractivity contribution is 6.00. The van der Waals surface area contributed by atoms with Gasteiger partial charge in [0.05, 0.1) is 0 Å². The van der Waals surface area contributed by atoms with Crippen molar-refractivity contribution in [2.75, 3.05) is 11.1 Å². The molecule has 2 aromatic carbocycles. The number of pyridine rings is 1. The quantitative estimate of drug-likeness (QED) is 0.492. The van der Waals surface area contributed by atoms with Crippen LogP contribution in [-0.4, -0.2) is 10.1 Å². The third-order valence-electron chi connectivity index (χ3n) is 3.01. The van der Waals surface area contributed by atoms with Crippen LogP contribution < -0.4 is 11.1 Å². The van der Waals surface area contributed by atoms with E-state index in [1.807, 2.05) is 0 Å². The number of hydrogen-bond acceptors (Lipinski definition) is 4. The average Bonchev–Trinajstić information content (AvgIpc) is 2.42. The van der Waals surface area contributed by atoms with E-state index in [4.69, 9.17) is 5.73 Å². The lowest BCUT2D eigenvalue weighted by Gasteiger charge is -2.10. The van der Waals surface area contributed by atoms with E-state index in [9.17, 15) is 9.50 Å². The molecule has 0 aliphatic rings. The fourth-order valence-corrected chi connectivity index (χ4v) is 2.06. The third kappa shape index (κ3) is 2.21. The molecule has 0 fully saturated rings. The maximum Gasteiger partial charge on any atom is 0.138 e. The Hall–Kier alpha value is -2.82. The van der Waals surface area contributed by atoms with Crippen molar-refractivity contribution in [1.29, 1.82) is 0 Å². The summed E-state index contributed by atoms with van der Waals surface area (Å²) in [6.07, 6.45) is 1.61. The number of nitrogen functional groups attached to an aromatic ring is 1. The molecule has 0 aliphatic carbocycles. The lowest BCUT2D eigenvalue weighted by atomic mass is 10.1. The number of nitrogens with one attached hydrogen (secondary N) is 1. The van der Waals surface area contributed by atoms with Crippen LogP contribution in [0.25, 0.3) is 10.8 Å². The molecule has 20 heavy (non-hydrogen) atoms. The van der Waals surface area contributed by atoms with Crippen LogP contribution in [0.4, 0.5) is 21.6 Å². The fourth-order valence-electron chi connectivity index (χ4n) is 2.06. The molecule has 4 nitrogen and oxygen atoms in total. The predicted octanol–water partition coefficient (Wildman–Crippen LogP) is 3.41. The monoisotopic (exact) mass is 269 g/mol. The molecule has 0 bridgehead atoms. The Morgan fingerprint density at radius 2 is 1.80 bits per heavy atom. The van der Waals surface area contributed by atoms with Gasteiger partial charge in [0.15, 0.2) is 0 Å². The van der Waals surface area contributed by atoms with Gasteiger partial charge in [-0.2, -0.15) is 0 Å². The molecule has 0 spiro atoms. The number of fused-ring (bicyclic) bond motifs is 1. The second-order valence-electron chi connectivity index (χ2n) is 4.42. The van der Waals surface area contributed by atoms with Gasteiger partial charge < -0.3 is 16.2 Å². The largest absolute Gasteiger partial charge is 0.508 e. The lowest BCUT2D eigenvalue weighted by molar-refractivity contribution is 0.475. The number of aromatic hydroxyl groups is 1. The summed E-state index contributed by atoms with van der Waals surface area (Å²) < 4.78 is 13.5. The predicted molar refractivity (Wildman–Crippen MR) is 77.5 cm³/mol. The Morgan fingerprint density at radius 3 is 2.55 bits per heavy atom. The van der Waals surface area contributed by atoms with Crippen LogP contribution in [0.1, 0.15) is 0 Å². The summed E-state index contributed by atoms with van der Waals surface area (Å²) in [7, 11) is 0. The van der Waals surface area contributed by atoms with E-state index in [0.29, 0.717) is 16.9 Å². The van der Waals surface area contributed by atoms with Crippen LogP contribution in [0.15, 0.2) is 48.7 Å². The van der Waals surface area contributed by atoms with Crippen molar-refractivity contribution in [3.05, 3.63) is 54.5 Å². The molecule has 3 rings (SSSR count). The summed E-state index contributed by atoms with van der Waals surface area (Å²) in [6, 6.07) is 10.9. The van der Waals surface area contributed by atoms with Gasteiger partial charge in [-0.1, -0.05) is 0 Å². The standard InChI is InChI=1S/C15H12FN3O/c16-9-7-13-12(14(17)8-9)5-6-18-15(13)19-10-1-3-11(20)4-2-10/h1-8,20H,17H2,(H,18,19). The highest BCUT2D eigenvalue weighted by atomic mass is 19.1. The molecule has 3 aromatic rings. The zero-order chi connectivity index (χ0) is 14.1. The summed E-state index contributed by atoms with van der Waals surface area (Å²) in [5.74, 6) is 0.285. The Morgan fingerprint density at radius 1 is 1.05 bits per heavy atom. The average molecular weight is 269 g/mol. The Kier molecular flexibility index (Phi) is 2.87. The number of rotatable bonds is 2. The number of nitrogens with zero attached hydrogens (tertiary/aromatic N) is 1. The van der Waals surface area contributed by atoms with Crippen molar-refractivity contribution in [2.45, 2.75) is 0 Å². The number of phenols is 1. The van der Waals surface area contributed by atoms with Crippen molar-refractivity contribution >= 4 is 28.0 Å². The molecule has 0 amide bonds. The van der Waals surface area contributed by atoms with Crippen LogP contribution in [-0.2, 0) is 0 Å². The molecule has 0 aliphatic heterocycles. The van der Waals surface area contributed by atoms with E-state index >= 15 is 0 Å². The van der Waals surface area contributed by atoms with Crippen LogP contribution >= 0.6 is 0 Å². The molecule has 0 saturated carbocycles. The van der Waals surface area contributed by atoms with E-state index in [1.165, 1.54) is 12.1 Å². The zero-order valence-electron chi connectivity index (χ0n) is 10.5. The number of halogens is 1. The molecule has 1 heterocycles. The zero-order valence-corrected chi connectivity index (χ0v) is 10.5. The molecular weight excluding hydrogens is 257 g/mol. The number of hydrogen-bond donors (Lipinski definition) is 3. The van der Waals surface area contributed by atoms with E-state index in [1.54, 1.807) is 36.5 Å². The molecule has 0 saturated heterocycles. The Bertz CT molecular complexity index is 772. The molecule has 0 radical (unpaired) electrons. The van der Waals surface area contributed by atoms with Gasteiger partial charge in [-0.05, 0) is 42.5 Å². The molecule has 0 unspecified atom stereocenters. The topological polar surface area (TPSA) is 71.2 Å². The highest BCUT2D eigenvalue weighted by Gasteiger charge is 2.07. The first-order valence-corrected chi connectivity index (χ1v) is 6.03. The molecule has 100 valence electrons. The van der Waals surface area contributed by atoms with Gasteiger partial charge >= 0.3 is 0 Å². The number of phenolic OH excluding ortho intramolecular Hbond substituents is 1. The first kappa shape index (κ1) is 12.2. The van der Waals surface area contributed by atoms with E-state index in [-0.39, 0.29) is 5.75 Å². The summed E-state index contributed by atoms with van der Waals surface area (Å²) >= 11 is 0. The van der Waals surface area contributed by atoms with Crippen molar-refractivity contribution in [2.24, 2.45) is 0 Å². The van der Waals surface area contributed by atoms with Crippen molar-refractivity contribution in [3.8, 4) is 5.75 Å². The minimum atomic E-state index is -0.406. The van der Waals surface area contributed by atoms with Crippen LogP contribution in [0, 0.1) is 5.82 Å². The minimum absolute atomic E-state index is 0.178. The molecule has 4 N–H and O–H groups in total. The summed E-state index contributed by atoms with van der Waals surface area (Å²) in [4.78, 5) is 4.21. The SMILES string of the molecule is Nc1cc(F)cc2c(Nc3ccc(O)cc3)nccc12. The minimum Gasteiger partial charge on any atom is -0.508 e. The van der Waals surface area contributed by atoms with Crippen LogP contribution in [0.2, 0.25) is 0 Å². The van der Waals surface area contributed by atoms with E-state index in [0.717, 1.165) is 11.1 Å². The van der Waals surface area contributed by atoms with Gasteiger partial charge in [0, 0.05) is 28.3 Å². The summed E-state index contributed by atoms with van der Waals surface area (Å²) in [5.41, 5.74) is 6.92. The number of aromatic nitrogens is 1. The molecular formula is C15H12FN3O. The summed E-state index contributed by atoms with van der Waals surface area (Å²) in [5, 5.41) is 13.7. The number of anilines is 3. The van der Waals surface area contributed by atoms with Gasteiger partial charge in [0.25, 0.3) is 0 Å². The van der Waals surface area contributed by atoms with E-state index in [2.05, 4.69) is 10.3 Å². The van der Waals surface area contributed by atoms with Crippen molar-refractivity contribution < 1.29 is 9.50 Å². The molecule has 0 atom stereocenters. The highest BCUT2D eigenvalue weighted by Crippen LogP contribution is 2.29. The Labute approximate surface area is 114 Å².